The van der Waals surface area contributed by atoms with E-state index in [0.29, 0.717) is 0 Å². The lowest BCUT2D eigenvalue weighted by molar-refractivity contribution is -0.391. The van der Waals surface area contributed by atoms with Gasteiger partial charge in [0.2, 0.25) is 4.60 Å². The Morgan fingerprint density at radius 1 is 1.67 bits per heavy atom. The lowest BCUT2D eigenvalue weighted by atomic mass is 10.1. The molecule has 0 aromatic carbocycles. The van der Waals surface area contributed by atoms with E-state index in [4.69, 9.17) is 5.73 Å². The van der Waals surface area contributed by atoms with E-state index in [9.17, 15) is 18.9 Å². The van der Waals surface area contributed by atoms with E-state index in [2.05, 4.69) is 20.9 Å². The van der Waals surface area contributed by atoms with Crippen molar-refractivity contribution in [1.29, 1.82) is 0 Å². The second kappa shape index (κ2) is 4.58. The zero-order valence-electron chi connectivity index (χ0n) is 7.28. The third-order valence-electron chi connectivity index (χ3n) is 1.70. The fourth-order valence-electron chi connectivity index (χ4n) is 1.10. The number of alkyl halides is 2. The summed E-state index contributed by atoms with van der Waals surface area (Å²) in [6, 6.07) is 1.24. The summed E-state index contributed by atoms with van der Waals surface area (Å²) in [5, 5.41) is 10.5. The molecule has 8 heteroatoms. The van der Waals surface area contributed by atoms with Crippen molar-refractivity contribution in [3.8, 4) is 0 Å². The third-order valence-corrected chi connectivity index (χ3v) is 2.11. The molecule has 15 heavy (non-hydrogen) atoms. The number of rotatable bonds is 3. The number of pyridine rings is 1. The van der Waals surface area contributed by atoms with E-state index in [0.717, 1.165) is 0 Å². The smallest absolute Gasteiger partial charge is 0.358 e. The SMILES string of the molecule is NCc1cc(Br)nc([N+](=O)[O-])c1C(F)F. The Balaban J connectivity index is 3.47. The van der Waals surface area contributed by atoms with Crippen molar-refractivity contribution in [2.45, 2.75) is 13.0 Å². The first-order valence-corrected chi connectivity index (χ1v) is 4.58. The van der Waals surface area contributed by atoms with Gasteiger partial charge in [-0.05, 0) is 15.5 Å². The maximum absolute atomic E-state index is 12.6. The van der Waals surface area contributed by atoms with E-state index >= 15 is 0 Å². The van der Waals surface area contributed by atoms with Gasteiger partial charge in [-0.1, -0.05) is 0 Å². The van der Waals surface area contributed by atoms with Crippen molar-refractivity contribution in [3.63, 3.8) is 0 Å². The molecule has 0 bridgehead atoms. The Labute approximate surface area is 91.6 Å². The molecular formula is C7H6BrF2N3O2. The van der Waals surface area contributed by atoms with Crippen molar-refractivity contribution < 1.29 is 13.7 Å². The highest BCUT2D eigenvalue weighted by Crippen LogP contribution is 2.32. The summed E-state index contributed by atoms with van der Waals surface area (Å²) in [4.78, 5) is 12.9. The van der Waals surface area contributed by atoms with Gasteiger partial charge in [0.1, 0.15) is 5.56 Å². The number of hydrogen-bond acceptors (Lipinski definition) is 4. The average molecular weight is 282 g/mol. The Bertz CT molecular complexity index is 400. The molecule has 0 atom stereocenters. The van der Waals surface area contributed by atoms with Gasteiger partial charge in [0, 0.05) is 28.5 Å². The van der Waals surface area contributed by atoms with Crippen LogP contribution in [0.3, 0.4) is 0 Å². The highest BCUT2D eigenvalue weighted by atomic mass is 79.9. The van der Waals surface area contributed by atoms with Crippen molar-refractivity contribution in [2.75, 3.05) is 0 Å². The Kier molecular flexibility index (Phi) is 3.64. The van der Waals surface area contributed by atoms with Crippen LogP contribution >= 0.6 is 15.9 Å². The van der Waals surface area contributed by atoms with Crippen LogP contribution in [0.5, 0.6) is 0 Å². The van der Waals surface area contributed by atoms with Gasteiger partial charge in [-0.25, -0.2) is 8.78 Å². The van der Waals surface area contributed by atoms with Crippen molar-refractivity contribution in [3.05, 3.63) is 31.9 Å². The summed E-state index contributed by atoms with van der Waals surface area (Å²) in [7, 11) is 0. The topological polar surface area (TPSA) is 82.0 Å². The van der Waals surface area contributed by atoms with Crippen LogP contribution < -0.4 is 5.73 Å². The van der Waals surface area contributed by atoms with Crippen LogP contribution in [-0.2, 0) is 6.54 Å². The van der Waals surface area contributed by atoms with Crippen LogP contribution in [-0.4, -0.2) is 9.91 Å². The van der Waals surface area contributed by atoms with Crippen LogP contribution in [0.25, 0.3) is 0 Å². The number of hydrogen-bond donors (Lipinski definition) is 1. The van der Waals surface area contributed by atoms with Gasteiger partial charge in [0.05, 0.1) is 0 Å². The van der Waals surface area contributed by atoms with Gasteiger partial charge >= 0.3 is 5.82 Å². The number of nitro groups is 1. The summed E-state index contributed by atoms with van der Waals surface area (Å²) in [5.41, 5.74) is 4.52. The predicted molar refractivity (Wildman–Crippen MR) is 51.4 cm³/mol. The van der Waals surface area contributed by atoms with E-state index in [1.165, 1.54) is 6.07 Å². The van der Waals surface area contributed by atoms with Gasteiger partial charge in [-0.15, -0.1) is 0 Å². The Morgan fingerprint density at radius 2 is 2.27 bits per heavy atom. The molecule has 0 saturated carbocycles. The highest BCUT2D eigenvalue weighted by Gasteiger charge is 2.27. The van der Waals surface area contributed by atoms with E-state index in [1.807, 2.05) is 0 Å². The van der Waals surface area contributed by atoms with E-state index < -0.39 is 22.7 Å². The molecule has 1 aromatic rings. The van der Waals surface area contributed by atoms with Gasteiger partial charge in [0.15, 0.2) is 0 Å². The largest absolute Gasteiger partial charge is 0.373 e. The van der Waals surface area contributed by atoms with Crippen molar-refractivity contribution in [1.82, 2.24) is 4.98 Å². The zero-order valence-corrected chi connectivity index (χ0v) is 8.87. The predicted octanol–water partition coefficient (Wildman–Crippen LogP) is 2.15. The zero-order chi connectivity index (χ0) is 11.6. The van der Waals surface area contributed by atoms with Gasteiger partial charge in [0.25, 0.3) is 6.43 Å². The van der Waals surface area contributed by atoms with E-state index in [1.54, 1.807) is 0 Å². The third kappa shape index (κ3) is 2.45. The molecule has 0 spiro atoms. The van der Waals surface area contributed by atoms with Crippen LogP contribution in [0, 0.1) is 10.1 Å². The minimum Gasteiger partial charge on any atom is -0.358 e. The standard InChI is InChI=1S/C7H6BrF2N3O2/c8-4-1-3(2-11)5(6(9)10)7(12-4)13(14)15/h1,6H,2,11H2. The summed E-state index contributed by atoms with van der Waals surface area (Å²) in [5.74, 6) is -0.861. The minimum absolute atomic E-state index is 0.0126. The van der Waals surface area contributed by atoms with Gasteiger partial charge < -0.3 is 15.8 Å². The molecule has 1 heterocycles. The number of halogens is 3. The molecule has 0 aliphatic rings. The molecule has 0 radical (unpaired) electrons. The fourth-order valence-corrected chi connectivity index (χ4v) is 1.55. The summed E-state index contributed by atoms with van der Waals surface area (Å²) in [6.07, 6.45) is -2.97. The van der Waals surface area contributed by atoms with Crippen LogP contribution in [0.4, 0.5) is 14.6 Å². The summed E-state index contributed by atoms with van der Waals surface area (Å²) in [6.45, 7) is -0.207. The molecule has 1 rings (SSSR count). The molecule has 0 unspecified atom stereocenters. The maximum Gasteiger partial charge on any atom is 0.373 e. The van der Waals surface area contributed by atoms with Gasteiger partial charge in [-0.3, -0.25) is 0 Å². The lowest BCUT2D eigenvalue weighted by Gasteiger charge is -2.06. The average Bonchev–Trinajstić information content (AvgIpc) is 2.15. The second-order valence-corrected chi connectivity index (χ2v) is 3.42. The highest BCUT2D eigenvalue weighted by molar-refractivity contribution is 9.10. The number of nitrogens with two attached hydrogens (primary N) is 1. The fraction of sp³-hybridized carbons (Fsp3) is 0.286. The quantitative estimate of drug-likeness (QED) is 0.523. The Morgan fingerprint density at radius 3 is 2.67 bits per heavy atom. The summed E-state index contributed by atoms with van der Waals surface area (Å²) >= 11 is 2.89. The maximum atomic E-state index is 12.6. The van der Waals surface area contributed by atoms with Crippen molar-refractivity contribution in [2.24, 2.45) is 5.73 Å². The summed E-state index contributed by atoms with van der Waals surface area (Å²) < 4.78 is 25.2. The molecule has 0 aliphatic carbocycles. The molecule has 0 aliphatic heterocycles. The first-order chi connectivity index (χ1) is 6.97. The first-order valence-electron chi connectivity index (χ1n) is 3.79. The minimum atomic E-state index is -2.97. The van der Waals surface area contributed by atoms with Crippen LogP contribution in [0.2, 0.25) is 0 Å². The number of nitrogens with zero attached hydrogens (tertiary/aromatic N) is 2. The Hall–Kier alpha value is -1.15. The number of aromatic nitrogens is 1. The molecule has 1 aromatic heterocycles. The lowest BCUT2D eigenvalue weighted by Crippen LogP contribution is -2.07. The molecule has 0 saturated heterocycles. The molecular weight excluding hydrogens is 276 g/mol. The first kappa shape index (κ1) is 11.9. The van der Waals surface area contributed by atoms with Crippen molar-refractivity contribution >= 4 is 21.7 Å². The molecule has 82 valence electrons. The molecule has 0 fully saturated rings. The van der Waals surface area contributed by atoms with Crippen LogP contribution in [0.15, 0.2) is 10.7 Å². The monoisotopic (exact) mass is 281 g/mol. The van der Waals surface area contributed by atoms with Crippen LogP contribution in [0.1, 0.15) is 17.6 Å². The molecule has 2 N–H and O–H groups in total. The normalized spacial score (nSPS) is 10.7. The van der Waals surface area contributed by atoms with Gasteiger partial charge in [-0.2, -0.15) is 0 Å². The molecule has 5 nitrogen and oxygen atoms in total. The van der Waals surface area contributed by atoms with E-state index in [-0.39, 0.29) is 16.7 Å². The second-order valence-electron chi connectivity index (χ2n) is 2.60. The molecule has 0 amide bonds.